The standard InChI is InChI=1S/C28H18Cl2N2O3/c29-20-11-13-21(14-12-20)32-27(34)24(26(33)31-28(32)35)16-23-18(15-19-6-2-4-8-25(19)30)10-9-17-5-1-3-7-22(17)23/h1-14,16H,15H2,(H,31,33,35)/b24-16+. The summed E-state index contributed by atoms with van der Waals surface area (Å²) >= 11 is 12.4. The molecule has 0 unspecified atom stereocenters. The third kappa shape index (κ3) is 4.44. The molecule has 7 heteroatoms. The van der Waals surface area contributed by atoms with Crippen LogP contribution in [-0.4, -0.2) is 17.8 Å². The molecule has 4 amide bonds. The highest BCUT2D eigenvalue weighted by Gasteiger charge is 2.37. The van der Waals surface area contributed by atoms with Gasteiger partial charge in [0.2, 0.25) is 0 Å². The van der Waals surface area contributed by atoms with Crippen LogP contribution in [0.4, 0.5) is 10.5 Å². The number of hydrogen-bond donors (Lipinski definition) is 1. The molecule has 4 aromatic rings. The van der Waals surface area contributed by atoms with Crippen molar-refractivity contribution in [3.8, 4) is 0 Å². The monoisotopic (exact) mass is 500 g/mol. The summed E-state index contributed by atoms with van der Waals surface area (Å²) in [6.45, 7) is 0. The highest BCUT2D eigenvalue weighted by Crippen LogP contribution is 2.30. The minimum Gasteiger partial charge on any atom is -0.273 e. The molecule has 1 fully saturated rings. The molecule has 0 atom stereocenters. The maximum Gasteiger partial charge on any atom is 0.335 e. The van der Waals surface area contributed by atoms with Gasteiger partial charge in [-0.15, -0.1) is 0 Å². The van der Waals surface area contributed by atoms with Gasteiger partial charge in [-0.05, 0) is 70.3 Å². The third-order valence-corrected chi connectivity index (χ3v) is 6.50. The number of nitrogens with one attached hydrogen (secondary N) is 1. The first-order chi connectivity index (χ1) is 16.9. The van der Waals surface area contributed by atoms with Crippen molar-refractivity contribution in [3.63, 3.8) is 0 Å². The van der Waals surface area contributed by atoms with Crippen LogP contribution in [-0.2, 0) is 16.0 Å². The maximum atomic E-state index is 13.4. The normalized spacial score (nSPS) is 15.1. The van der Waals surface area contributed by atoms with Gasteiger partial charge < -0.3 is 0 Å². The fourth-order valence-corrected chi connectivity index (χ4v) is 4.47. The SMILES string of the molecule is O=C1NC(=O)N(c2ccc(Cl)cc2)C(=O)/C1=C/c1c(Cc2ccccc2Cl)ccc2ccccc12. The zero-order valence-electron chi connectivity index (χ0n) is 18.3. The van der Waals surface area contributed by atoms with Gasteiger partial charge in [0.1, 0.15) is 5.57 Å². The number of benzene rings is 4. The van der Waals surface area contributed by atoms with Crippen LogP contribution in [0.2, 0.25) is 10.0 Å². The van der Waals surface area contributed by atoms with Gasteiger partial charge >= 0.3 is 6.03 Å². The fourth-order valence-electron chi connectivity index (χ4n) is 4.14. The molecule has 0 aromatic heterocycles. The van der Waals surface area contributed by atoms with E-state index in [9.17, 15) is 14.4 Å². The van der Waals surface area contributed by atoms with Gasteiger partial charge in [0.15, 0.2) is 0 Å². The Kier molecular flexibility index (Phi) is 6.12. The summed E-state index contributed by atoms with van der Waals surface area (Å²) in [4.78, 5) is 39.7. The van der Waals surface area contributed by atoms with Crippen molar-refractivity contribution in [3.05, 3.63) is 117 Å². The molecular weight excluding hydrogens is 483 g/mol. The zero-order chi connectivity index (χ0) is 24.5. The van der Waals surface area contributed by atoms with E-state index in [4.69, 9.17) is 23.2 Å². The van der Waals surface area contributed by atoms with Crippen molar-refractivity contribution in [2.24, 2.45) is 0 Å². The van der Waals surface area contributed by atoms with Gasteiger partial charge in [-0.1, -0.05) is 77.8 Å². The van der Waals surface area contributed by atoms with Crippen molar-refractivity contribution in [1.29, 1.82) is 0 Å². The molecule has 1 saturated heterocycles. The predicted molar refractivity (Wildman–Crippen MR) is 139 cm³/mol. The van der Waals surface area contributed by atoms with E-state index in [1.54, 1.807) is 30.3 Å². The number of anilines is 1. The van der Waals surface area contributed by atoms with Crippen LogP contribution < -0.4 is 10.2 Å². The lowest BCUT2D eigenvalue weighted by molar-refractivity contribution is -0.122. The fraction of sp³-hybridized carbons (Fsp3) is 0.0357. The van der Waals surface area contributed by atoms with E-state index in [1.165, 1.54) is 0 Å². The molecule has 0 radical (unpaired) electrons. The smallest absolute Gasteiger partial charge is 0.273 e. The Morgan fingerprint density at radius 2 is 1.49 bits per heavy atom. The van der Waals surface area contributed by atoms with Crippen LogP contribution in [0.3, 0.4) is 0 Å². The summed E-state index contributed by atoms with van der Waals surface area (Å²) in [5.41, 5.74) is 2.69. The molecule has 5 nitrogen and oxygen atoms in total. The number of carbonyl (C=O) groups is 3. The Bertz CT molecular complexity index is 1530. The summed E-state index contributed by atoms with van der Waals surface area (Å²) in [7, 11) is 0. The van der Waals surface area contributed by atoms with Crippen LogP contribution in [0.25, 0.3) is 16.8 Å². The van der Waals surface area contributed by atoms with Crippen molar-refractivity contribution < 1.29 is 14.4 Å². The molecule has 5 rings (SSSR count). The summed E-state index contributed by atoms with van der Waals surface area (Å²) in [5, 5.41) is 5.20. The highest BCUT2D eigenvalue weighted by molar-refractivity contribution is 6.39. The van der Waals surface area contributed by atoms with Crippen molar-refractivity contribution in [2.45, 2.75) is 6.42 Å². The van der Waals surface area contributed by atoms with Gasteiger partial charge in [-0.2, -0.15) is 0 Å². The number of rotatable bonds is 4. The van der Waals surface area contributed by atoms with E-state index in [0.717, 1.165) is 26.8 Å². The number of halogens is 2. The molecule has 1 aliphatic rings. The number of nitrogens with zero attached hydrogens (tertiary/aromatic N) is 1. The van der Waals surface area contributed by atoms with Gasteiger partial charge in [0.25, 0.3) is 11.8 Å². The highest BCUT2D eigenvalue weighted by atomic mass is 35.5. The van der Waals surface area contributed by atoms with Gasteiger partial charge in [-0.25, -0.2) is 9.69 Å². The van der Waals surface area contributed by atoms with Crippen molar-refractivity contribution in [1.82, 2.24) is 5.32 Å². The van der Waals surface area contributed by atoms with Gasteiger partial charge in [0.05, 0.1) is 5.69 Å². The Balaban J connectivity index is 1.65. The lowest BCUT2D eigenvalue weighted by atomic mass is 9.92. The minimum atomic E-state index is -0.811. The number of urea groups is 1. The second-order valence-corrected chi connectivity index (χ2v) is 8.91. The van der Waals surface area contributed by atoms with E-state index in [0.29, 0.717) is 27.7 Å². The minimum absolute atomic E-state index is 0.142. The molecule has 172 valence electrons. The molecule has 0 aliphatic carbocycles. The average Bonchev–Trinajstić information content (AvgIpc) is 2.85. The van der Waals surface area contributed by atoms with Crippen molar-refractivity contribution in [2.75, 3.05) is 4.90 Å². The van der Waals surface area contributed by atoms with Crippen molar-refractivity contribution >= 4 is 63.6 Å². The quantitative estimate of drug-likeness (QED) is 0.260. The maximum absolute atomic E-state index is 13.4. The van der Waals surface area contributed by atoms with Gasteiger partial charge in [-0.3, -0.25) is 14.9 Å². The Hall–Kier alpha value is -3.93. The number of carbonyl (C=O) groups excluding carboxylic acids is 3. The number of barbiturate groups is 1. The number of hydrogen-bond acceptors (Lipinski definition) is 3. The first kappa shape index (κ1) is 22.8. The van der Waals surface area contributed by atoms with Crippen LogP contribution in [0.1, 0.15) is 16.7 Å². The molecule has 0 saturated carbocycles. The molecule has 0 spiro atoms. The van der Waals surface area contributed by atoms with E-state index in [1.807, 2.05) is 60.7 Å². The summed E-state index contributed by atoms with van der Waals surface area (Å²) < 4.78 is 0. The van der Waals surface area contributed by atoms with E-state index in [2.05, 4.69) is 5.32 Å². The molecule has 1 aliphatic heterocycles. The molecule has 35 heavy (non-hydrogen) atoms. The number of amides is 4. The Labute approximate surface area is 211 Å². The predicted octanol–water partition coefficient (Wildman–Crippen LogP) is 6.40. The third-order valence-electron chi connectivity index (χ3n) is 5.87. The lowest BCUT2D eigenvalue weighted by Crippen LogP contribution is -2.54. The Morgan fingerprint density at radius 3 is 2.26 bits per heavy atom. The number of fused-ring (bicyclic) bond motifs is 1. The van der Waals surface area contributed by atoms with Gasteiger partial charge in [0, 0.05) is 10.0 Å². The first-order valence-electron chi connectivity index (χ1n) is 10.8. The first-order valence-corrected chi connectivity index (χ1v) is 11.6. The van der Waals surface area contributed by atoms with E-state index >= 15 is 0 Å². The largest absolute Gasteiger partial charge is 0.335 e. The second-order valence-electron chi connectivity index (χ2n) is 8.06. The molecule has 1 N–H and O–H groups in total. The van der Waals surface area contributed by atoms with E-state index < -0.39 is 17.8 Å². The second kappa shape index (κ2) is 9.37. The summed E-state index contributed by atoms with van der Waals surface area (Å²) in [5.74, 6) is -1.46. The lowest BCUT2D eigenvalue weighted by Gasteiger charge is -2.26. The summed E-state index contributed by atoms with van der Waals surface area (Å²) in [6.07, 6.45) is 2.06. The van der Waals surface area contributed by atoms with Crippen LogP contribution in [0.5, 0.6) is 0 Å². The van der Waals surface area contributed by atoms with Crippen LogP contribution >= 0.6 is 23.2 Å². The molecule has 0 bridgehead atoms. The summed E-state index contributed by atoms with van der Waals surface area (Å²) in [6, 6.07) is 24.6. The molecular formula is C28H18Cl2N2O3. The molecule has 1 heterocycles. The van der Waals surface area contributed by atoms with Crippen LogP contribution in [0, 0.1) is 0 Å². The average molecular weight is 501 g/mol. The van der Waals surface area contributed by atoms with E-state index in [-0.39, 0.29) is 5.57 Å². The topological polar surface area (TPSA) is 66.5 Å². The number of imide groups is 2. The Morgan fingerprint density at radius 1 is 0.771 bits per heavy atom. The zero-order valence-corrected chi connectivity index (χ0v) is 19.8. The molecule has 4 aromatic carbocycles. The van der Waals surface area contributed by atoms with Crippen LogP contribution in [0.15, 0.2) is 90.5 Å².